The maximum absolute atomic E-state index is 14.8. The molecule has 1 aliphatic carbocycles. The molecular formula is C75H113N11O18. The normalized spacial score (nSPS) is 32.1. The van der Waals surface area contributed by atoms with Gasteiger partial charge in [0.2, 0.25) is 23.6 Å². The number of Topliss-reactive ketones (excluding diaryl/α,β-unsaturated/α-hetero) is 2. The summed E-state index contributed by atoms with van der Waals surface area (Å²) < 4.78 is 42.3. The van der Waals surface area contributed by atoms with Crippen molar-refractivity contribution in [3.05, 3.63) is 83.5 Å². The lowest BCUT2D eigenvalue weighted by atomic mass is 9.80. The number of methoxy groups -OCH3 is 3. The molecule has 1 saturated carbocycles. The summed E-state index contributed by atoms with van der Waals surface area (Å²) in [7, 11) is 4.56. The van der Waals surface area contributed by atoms with Crippen molar-refractivity contribution in [2.45, 2.75) is 211 Å². The monoisotopic (exact) mass is 1460 g/mol. The van der Waals surface area contributed by atoms with Crippen molar-refractivity contribution >= 4 is 53.3 Å². The van der Waals surface area contributed by atoms with Crippen LogP contribution in [0, 0.1) is 36.5 Å². The molecule has 2 aromatic rings. The number of carbonyl (C=O) groups is 7. The van der Waals surface area contributed by atoms with Gasteiger partial charge in [-0.05, 0) is 114 Å². The minimum atomic E-state index is -2.49. The summed E-state index contributed by atoms with van der Waals surface area (Å²) in [6, 6.07) is -3.22. The summed E-state index contributed by atoms with van der Waals surface area (Å²) in [5, 5.41) is 47.9. The van der Waals surface area contributed by atoms with Gasteiger partial charge in [0.15, 0.2) is 5.78 Å². The molecule has 5 aliphatic heterocycles. The topological polar surface area (TPSA) is 371 Å². The molecule has 104 heavy (non-hydrogen) atoms. The van der Waals surface area contributed by atoms with Gasteiger partial charge < -0.3 is 84.2 Å². The highest BCUT2D eigenvalue weighted by Gasteiger charge is 2.53. The Morgan fingerprint density at radius 1 is 0.740 bits per heavy atom. The number of aliphatic hydroxyl groups is 3. The molecule has 2 bridgehead atoms. The van der Waals surface area contributed by atoms with E-state index in [-0.39, 0.29) is 82.2 Å². The molecule has 576 valence electrons. The Balaban J connectivity index is 0.868. The fourth-order valence-corrected chi connectivity index (χ4v) is 15.0. The number of aryl methyl sites for hydroxylation is 1. The van der Waals surface area contributed by atoms with E-state index >= 15 is 0 Å². The first kappa shape index (κ1) is 82.5. The zero-order valence-electron chi connectivity index (χ0n) is 62.3. The molecule has 7 N–H and O–H groups in total. The second kappa shape index (κ2) is 39.4. The molecule has 2 aromatic heterocycles. The minimum absolute atomic E-state index is 0.00404. The number of aromatic nitrogens is 4. The van der Waals surface area contributed by atoms with Gasteiger partial charge in [0.1, 0.15) is 36.5 Å². The minimum Gasteiger partial charge on any atom is -0.480 e. The van der Waals surface area contributed by atoms with Crippen LogP contribution in [0.5, 0.6) is 0 Å². The molecule has 5 fully saturated rings. The van der Waals surface area contributed by atoms with E-state index in [1.54, 1.807) is 38.9 Å². The first-order chi connectivity index (χ1) is 49.7. The lowest BCUT2D eigenvalue weighted by Crippen LogP contribution is -2.61. The number of ether oxygens (including phenoxy) is 7. The predicted molar refractivity (Wildman–Crippen MR) is 384 cm³/mol. The lowest BCUT2D eigenvalue weighted by Gasteiger charge is -2.43. The quantitative estimate of drug-likeness (QED) is 0.0504. The number of aliphatic hydroxyl groups excluding tert-OH is 2. The number of ketones is 2. The summed E-state index contributed by atoms with van der Waals surface area (Å²) in [5.41, 5.74) is 9.88. The van der Waals surface area contributed by atoms with E-state index in [4.69, 9.17) is 38.9 Å². The van der Waals surface area contributed by atoms with Crippen molar-refractivity contribution in [1.29, 1.82) is 0 Å². The smallest absolute Gasteiger partial charge is 0.407 e. The third-order valence-corrected chi connectivity index (χ3v) is 21.5. The number of rotatable bonds is 18. The van der Waals surface area contributed by atoms with E-state index in [0.29, 0.717) is 88.6 Å². The number of aliphatic carboxylic acids is 1. The van der Waals surface area contributed by atoms with Crippen LogP contribution in [0.4, 0.5) is 16.7 Å². The number of piperazine rings is 2. The lowest BCUT2D eigenvalue weighted by molar-refractivity contribution is -0.265. The molecule has 0 aromatic carbocycles. The van der Waals surface area contributed by atoms with Gasteiger partial charge in [-0.2, -0.15) is 0 Å². The summed E-state index contributed by atoms with van der Waals surface area (Å²) in [6.45, 7) is 17.6. The Bertz CT molecular complexity index is 3300. The number of carbonyl (C=O) groups excluding carboxylic acids is 6. The number of nitrogens with two attached hydrogens (primary N) is 1. The largest absolute Gasteiger partial charge is 0.480 e. The Kier molecular flexibility index (Phi) is 31.3. The molecule has 4 saturated heterocycles. The van der Waals surface area contributed by atoms with Gasteiger partial charge in [0.05, 0.1) is 50.6 Å². The van der Waals surface area contributed by atoms with Crippen LogP contribution >= 0.6 is 0 Å². The third kappa shape index (κ3) is 22.4. The van der Waals surface area contributed by atoms with Crippen LogP contribution < -0.4 is 20.9 Å². The highest BCUT2D eigenvalue weighted by atomic mass is 16.6. The van der Waals surface area contributed by atoms with Gasteiger partial charge in [0.25, 0.3) is 11.7 Å². The maximum Gasteiger partial charge on any atom is 0.407 e. The van der Waals surface area contributed by atoms with Crippen molar-refractivity contribution in [3.8, 4) is 0 Å². The van der Waals surface area contributed by atoms with E-state index < -0.39 is 126 Å². The number of carboxylic acid groups (broad SMARTS) is 1. The summed E-state index contributed by atoms with van der Waals surface area (Å²) in [5.74, 6) is -8.62. The molecule has 8 rings (SSSR count). The number of piperidine rings is 1. The van der Waals surface area contributed by atoms with E-state index in [9.17, 15) is 54.0 Å². The molecule has 0 spiro atoms. The number of carboxylic acids is 1. The molecule has 17 atom stereocenters. The maximum atomic E-state index is 14.8. The molecule has 7 heterocycles. The van der Waals surface area contributed by atoms with Gasteiger partial charge in [-0.1, -0.05) is 64.2 Å². The number of alkyl carbamates (subject to hydrolysis) is 1. The number of hydrogen-bond acceptors (Lipinski definition) is 25. The predicted octanol–water partition coefficient (Wildman–Crippen LogP) is 4.82. The number of nitrogens with one attached hydrogen (secondary N) is 1. The molecule has 29 nitrogen and oxygen atoms in total. The number of fused-ring (bicyclic) bond motifs is 3. The second-order valence-corrected chi connectivity index (χ2v) is 29.2. The first-order valence-corrected chi connectivity index (χ1v) is 37.0. The Morgan fingerprint density at radius 2 is 1.43 bits per heavy atom. The average molecular weight is 1460 g/mol. The summed E-state index contributed by atoms with van der Waals surface area (Å²) in [4.78, 5) is 123. The zero-order valence-corrected chi connectivity index (χ0v) is 62.3. The van der Waals surface area contributed by atoms with Crippen molar-refractivity contribution in [1.82, 2.24) is 40.0 Å². The fourth-order valence-electron chi connectivity index (χ4n) is 15.0. The summed E-state index contributed by atoms with van der Waals surface area (Å²) in [6.07, 6.45) is 14.0. The van der Waals surface area contributed by atoms with Crippen molar-refractivity contribution in [3.63, 3.8) is 0 Å². The molecule has 29 heteroatoms. The molecule has 3 amide bonds. The number of anilines is 2. The second-order valence-electron chi connectivity index (χ2n) is 29.2. The molecule has 0 unspecified atom stereocenters. The molecule has 6 aliphatic rings. The summed E-state index contributed by atoms with van der Waals surface area (Å²) >= 11 is 0. The Hall–Kier alpha value is -7.19. The van der Waals surface area contributed by atoms with Crippen LogP contribution in [0.3, 0.4) is 0 Å². The number of amides is 3. The van der Waals surface area contributed by atoms with E-state index in [2.05, 4.69) is 35.1 Å². The Morgan fingerprint density at radius 3 is 2.12 bits per heavy atom. The number of cyclic esters (lactones) is 1. The van der Waals surface area contributed by atoms with Crippen molar-refractivity contribution < 1.29 is 87.1 Å². The molecular weight excluding hydrogens is 1340 g/mol. The number of esters is 1. The highest BCUT2D eigenvalue weighted by Crippen LogP contribution is 2.38. The third-order valence-electron chi connectivity index (χ3n) is 21.5. The molecule has 0 radical (unpaired) electrons. The Labute approximate surface area is 611 Å². The SMILES string of the molecule is CO[C@H]1C[C@@H]2CC[C@@H](C)[C@@](O)(O2)C(=O)C(=O)N2CCCC[C@H]2C(=O)O[C@H]([C@H](N)C[C@@H]2CC[C@@H](OC(=O)NCc3cnc(N4CCN(C(=O)CCOCCN5CCN(c6ncc(C)cn6)CC5)[C@@H](C(=O)O)C4)nc3)[C@H](OC)C2)C[C@@H](OC)[C@H](C)/C=C(\C)[C@@H](O)[C@@H](O)C(=O)[C@H](C)C[C@H](C)/C=C/C=CC=C1C. The average Bonchev–Trinajstić information content (AvgIpc) is 0.756. The van der Waals surface area contributed by atoms with Crippen LogP contribution in [-0.2, 0) is 68.5 Å². The van der Waals surface area contributed by atoms with Gasteiger partial charge in [0, 0.05) is 147 Å². The van der Waals surface area contributed by atoms with E-state index in [1.807, 2.05) is 70.5 Å². The van der Waals surface area contributed by atoms with E-state index in [0.717, 1.165) is 43.3 Å². The van der Waals surface area contributed by atoms with Gasteiger partial charge in [-0.3, -0.25) is 24.1 Å². The van der Waals surface area contributed by atoms with Crippen molar-refractivity contribution in [2.24, 2.45) is 35.3 Å². The fraction of sp³-hybridized carbons (Fsp3) is 0.693. The van der Waals surface area contributed by atoms with Crippen LogP contribution in [0.2, 0.25) is 0 Å². The van der Waals surface area contributed by atoms with Crippen LogP contribution in [-0.4, -0.2) is 263 Å². The van der Waals surface area contributed by atoms with E-state index in [1.165, 1.54) is 36.4 Å². The number of allylic oxidation sites excluding steroid dienone is 5. The van der Waals surface area contributed by atoms with Gasteiger partial charge in [-0.25, -0.2) is 34.3 Å². The van der Waals surface area contributed by atoms with Crippen molar-refractivity contribution in [2.75, 3.05) is 103 Å². The van der Waals surface area contributed by atoms with Gasteiger partial charge in [-0.15, -0.1) is 0 Å². The van der Waals surface area contributed by atoms with Crippen LogP contribution in [0.1, 0.15) is 136 Å². The van der Waals surface area contributed by atoms with Gasteiger partial charge >= 0.3 is 18.0 Å². The van der Waals surface area contributed by atoms with Crippen LogP contribution in [0.15, 0.2) is 72.4 Å². The highest BCUT2D eigenvalue weighted by molar-refractivity contribution is 6.39. The first-order valence-electron chi connectivity index (χ1n) is 37.0. The zero-order chi connectivity index (χ0) is 75.4. The number of nitrogens with zero attached hydrogens (tertiary/aromatic N) is 9. The number of hydrogen-bond donors (Lipinski definition) is 6. The standard InChI is InChI=1S/C75H113N11O18/c1-46-16-12-11-13-17-48(3)60(98-8)38-55-21-19-52(7)75(97,104-55)68(91)69(92)86-24-15-14-18-57(86)71(95)102-62(39-61(99-9)49(4)35-51(6)66(89)67(90)65(88)50(5)34-46)56(76)36-53-20-22-59(63(37-53)100-10)103-74(96)81-44-54-42-79-73(80-43-54)84-29-30-85(58(45-84)70(93)94)64(87)23-32-101-33-31-82-25-27-83(28-26-82)72-77-40-47(2)41-78-72/h11-13,16-17,35,40-43,46,49-50,52-53,55-63,66-67,89-90,97H,14-15,18-34,36-39,44-45,76H2,1-10H3,(H,81,96)(H,93,94)/b13-11?,16-12+,48-17?,51-35+/t46-,49-,50-,52-,53+,55+,56-,57+,58-,59-,60+,61-,62+,63-,66-,67+,75-/m1/s1. The van der Waals surface area contributed by atoms with Crippen LogP contribution in [0.25, 0.3) is 0 Å².